The average molecular weight is 360 g/mol. The number of esters is 1. The molecule has 27 heavy (non-hydrogen) atoms. The van der Waals surface area contributed by atoms with Crippen LogP contribution in [0.5, 0.6) is 5.75 Å². The van der Waals surface area contributed by atoms with Crippen LogP contribution in [0.15, 0.2) is 75.9 Å². The lowest BCUT2D eigenvalue weighted by Crippen LogP contribution is -2.08. The molecule has 1 heterocycles. The van der Waals surface area contributed by atoms with E-state index in [1.54, 1.807) is 24.3 Å². The highest BCUT2D eigenvalue weighted by Gasteiger charge is 2.13. The van der Waals surface area contributed by atoms with Crippen LogP contribution >= 0.6 is 0 Å². The molecule has 0 spiro atoms. The maximum Gasteiger partial charge on any atom is 0.339 e. The Morgan fingerprint density at radius 3 is 2.63 bits per heavy atom. The van der Waals surface area contributed by atoms with E-state index >= 15 is 0 Å². The summed E-state index contributed by atoms with van der Waals surface area (Å²) in [5.41, 5.74) is 0.949. The highest BCUT2D eigenvalue weighted by Crippen LogP contribution is 2.24. The van der Waals surface area contributed by atoms with E-state index in [-0.39, 0.29) is 6.61 Å². The lowest BCUT2D eigenvalue weighted by Gasteiger charge is -2.09. The average Bonchev–Trinajstić information content (AvgIpc) is 2.70. The molecule has 0 fully saturated rings. The molecule has 5 heteroatoms. The van der Waals surface area contributed by atoms with Gasteiger partial charge in [-0.15, -0.1) is 0 Å². The van der Waals surface area contributed by atoms with Gasteiger partial charge in [-0.2, -0.15) is 0 Å². The number of carbonyl (C=O) groups excluding carboxylic acids is 1. The molecule has 0 bridgehead atoms. The van der Waals surface area contributed by atoms with Crippen molar-refractivity contribution in [1.29, 1.82) is 0 Å². The summed E-state index contributed by atoms with van der Waals surface area (Å²) in [7, 11) is 1.54. The van der Waals surface area contributed by atoms with Gasteiger partial charge in [0.05, 0.1) is 12.7 Å². The normalized spacial score (nSPS) is 10.9. The molecule has 1 aromatic heterocycles. The van der Waals surface area contributed by atoms with E-state index < -0.39 is 11.6 Å². The van der Waals surface area contributed by atoms with E-state index in [1.807, 2.05) is 36.4 Å². The molecule has 0 radical (unpaired) electrons. The number of rotatable bonds is 4. The number of methoxy groups -OCH3 is 1. The second kappa shape index (κ2) is 6.96. The Labute approximate surface area is 154 Å². The van der Waals surface area contributed by atoms with Crippen LogP contribution in [0, 0.1) is 0 Å². The number of hydrogen-bond acceptors (Lipinski definition) is 5. The van der Waals surface area contributed by atoms with Gasteiger partial charge in [0.1, 0.15) is 17.9 Å². The lowest BCUT2D eigenvalue weighted by atomic mass is 10.0. The van der Waals surface area contributed by atoms with Gasteiger partial charge >= 0.3 is 11.6 Å². The standard InChI is InChI=1S/C22H16O5/c1-25-16-9-10-18-15(11-21(23)27-20(18)12-16)13-26-22(24)19-8-4-6-14-5-2-3-7-17(14)19/h2-12H,13H2,1H3. The number of fused-ring (bicyclic) bond motifs is 2. The Hall–Kier alpha value is -3.60. The van der Waals surface area contributed by atoms with Crippen molar-refractivity contribution in [3.63, 3.8) is 0 Å². The van der Waals surface area contributed by atoms with Gasteiger partial charge < -0.3 is 13.9 Å². The Balaban J connectivity index is 1.65. The van der Waals surface area contributed by atoms with Crippen LogP contribution in [0.1, 0.15) is 15.9 Å². The molecule has 0 aliphatic rings. The molecule has 0 aliphatic heterocycles. The smallest absolute Gasteiger partial charge is 0.339 e. The largest absolute Gasteiger partial charge is 0.497 e. The molecule has 0 N–H and O–H groups in total. The fraction of sp³-hybridized carbons (Fsp3) is 0.0909. The SMILES string of the molecule is COc1ccc2c(COC(=O)c3cccc4ccccc34)cc(=O)oc2c1. The van der Waals surface area contributed by atoms with Crippen molar-refractivity contribution in [3.8, 4) is 5.75 Å². The fourth-order valence-corrected chi connectivity index (χ4v) is 3.08. The Bertz CT molecular complexity index is 1200. The number of hydrogen-bond donors (Lipinski definition) is 0. The van der Waals surface area contributed by atoms with Gasteiger partial charge in [-0.05, 0) is 29.0 Å². The van der Waals surface area contributed by atoms with Crippen LogP contribution in [-0.2, 0) is 11.3 Å². The lowest BCUT2D eigenvalue weighted by molar-refractivity contribution is 0.0476. The summed E-state index contributed by atoms with van der Waals surface area (Å²) in [6.07, 6.45) is 0. The molecule has 3 aromatic carbocycles. The second-order valence-electron chi connectivity index (χ2n) is 6.06. The van der Waals surface area contributed by atoms with E-state index in [2.05, 4.69) is 0 Å². The first-order valence-electron chi connectivity index (χ1n) is 8.41. The minimum atomic E-state index is -0.507. The predicted molar refractivity (Wildman–Crippen MR) is 102 cm³/mol. The molecule has 0 aliphatic carbocycles. The summed E-state index contributed by atoms with van der Waals surface area (Å²) in [5, 5.41) is 2.48. The second-order valence-corrected chi connectivity index (χ2v) is 6.06. The number of carbonyl (C=O) groups is 1. The summed E-state index contributed by atoms with van der Waals surface area (Å²) in [4.78, 5) is 24.5. The minimum absolute atomic E-state index is 0.0313. The fourth-order valence-electron chi connectivity index (χ4n) is 3.08. The molecule has 0 atom stereocenters. The molecule has 4 aromatic rings. The monoisotopic (exact) mass is 360 g/mol. The summed E-state index contributed by atoms with van der Waals surface area (Å²) in [6, 6.07) is 19.6. The van der Waals surface area contributed by atoms with Gasteiger partial charge in [0.15, 0.2) is 0 Å². The summed E-state index contributed by atoms with van der Waals surface area (Å²) in [6.45, 7) is -0.0313. The van der Waals surface area contributed by atoms with Gasteiger partial charge in [-0.1, -0.05) is 36.4 Å². The van der Waals surface area contributed by atoms with Crippen molar-refractivity contribution >= 4 is 27.7 Å². The molecule has 4 rings (SSSR count). The number of benzene rings is 3. The predicted octanol–water partition coefficient (Wildman–Crippen LogP) is 4.31. The van der Waals surface area contributed by atoms with Gasteiger partial charge in [0.2, 0.25) is 0 Å². The zero-order valence-corrected chi connectivity index (χ0v) is 14.6. The van der Waals surface area contributed by atoms with Crippen molar-refractivity contribution < 1.29 is 18.7 Å². The van der Waals surface area contributed by atoms with Gasteiger partial charge in [-0.3, -0.25) is 0 Å². The van der Waals surface area contributed by atoms with Crippen LogP contribution in [0.3, 0.4) is 0 Å². The molecule has 0 saturated carbocycles. The third-order valence-corrected chi connectivity index (χ3v) is 4.41. The Morgan fingerprint density at radius 2 is 1.78 bits per heavy atom. The maximum atomic E-state index is 12.6. The molecule has 5 nitrogen and oxygen atoms in total. The molecular formula is C22H16O5. The third kappa shape index (κ3) is 3.27. The molecule has 134 valence electrons. The summed E-state index contributed by atoms with van der Waals surface area (Å²) in [5.74, 6) is 0.136. The number of ether oxygens (including phenoxy) is 2. The zero-order chi connectivity index (χ0) is 18.8. The molecule has 0 amide bonds. The van der Waals surface area contributed by atoms with E-state index in [1.165, 1.54) is 13.2 Å². The van der Waals surface area contributed by atoms with Crippen molar-refractivity contribution in [2.75, 3.05) is 7.11 Å². The molecular weight excluding hydrogens is 344 g/mol. The van der Waals surface area contributed by atoms with E-state index in [0.29, 0.717) is 27.8 Å². The van der Waals surface area contributed by atoms with E-state index in [0.717, 1.165) is 10.8 Å². The van der Waals surface area contributed by atoms with E-state index in [9.17, 15) is 9.59 Å². The van der Waals surface area contributed by atoms with Crippen LogP contribution in [0.4, 0.5) is 0 Å². The molecule has 0 saturated heterocycles. The van der Waals surface area contributed by atoms with E-state index in [4.69, 9.17) is 13.9 Å². The van der Waals surface area contributed by atoms with Gasteiger partial charge in [-0.25, -0.2) is 9.59 Å². The summed E-state index contributed by atoms with van der Waals surface area (Å²) >= 11 is 0. The van der Waals surface area contributed by atoms with Crippen molar-refractivity contribution in [2.45, 2.75) is 6.61 Å². The highest BCUT2D eigenvalue weighted by molar-refractivity contribution is 6.04. The third-order valence-electron chi connectivity index (χ3n) is 4.41. The van der Waals surface area contributed by atoms with Gasteiger partial charge in [0, 0.05) is 23.1 Å². The first-order valence-corrected chi connectivity index (χ1v) is 8.41. The van der Waals surface area contributed by atoms with Crippen LogP contribution < -0.4 is 10.4 Å². The maximum absolute atomic E-state index is 12.6. The topological polar surface area (TPSA) is 65.7 Å². The minimum Gasteiger partial charge on any atom is -0.497 e. The quantitative estimate of drug-likeness (QED) is 0.401. The van der Waals surface area contributed by atoms with Crippen LogP contribution in [-0.4, -0.2) is 13.1 Å². The molecule has 0 unspecified atom stereocenters. The first-order chi connectivity index (χ1) is 13.2. The van der Waals surface area contributed by atoms with Crippen molar-refractivity contribution in [2.24, 2.45) is 0 Å². The van der Waals surface area contributed by atoms with Crippen molar-refractivity contribution in [1.82, 2.24) is 0 Å². The highest BCUT2D eigenvalue weighted by atomic mass is 16.5. The Morgan fingerprint density at radius 1 is 0.963 bits per heavy atom. The first kappa shape index (κ1) is 16.8. The Kier molecular flexibility index (Phi) is 4.34. The zero-order valence-electron chi connectivity index (χ0n) is 14.6. The van der Waals surface area contributed by atoms with Crippen LogP contribution in [0.2, 0.25) is 0 Å². The van der Waals surface area contributed by atoms with Gasteiger partial charge in [0.25, 0.3) is 0 Å². The van der Waals surface area contributed by atoms with Crippen molar-refractivity contribution in [3.05, 3.63) is 88.3 Å². The summed E-state index contributed by atoms with van der Waals surface area (Å²) < 4.78 is 15.9. The van der Waals surface area contributed by atoms with Crippen LogP contribution in [0.25, 0.3) is 21.7 Å².